The van der Waals surface area contributed by atoms with Crippen molar-refractivity contribution >= 4 is 10.9 Å². The average Bonchev–Trinajstić information content (AvgIpc) is 2.46. The van der Waals surface area contributed by atoms with Crippen molar-refractivity contribution in [2.24, 2.45) is 0 Å². The van der Waals surface area contributed by atoms with Crippen LogP contribution in [0.2, 0.25) is 0 Å². The Morgan fingerprint density at radius 2 is 2.14 bits per heavy atom. The van der Waals surface area contributed by atoms with Gasteiger partial charge in [0.15, 0.2) is 0 Å². The minimum atomic E-state index is -0.118. The second-order valence-corrected chi connectivity index (χ2v) is 6.14. The van der Waals surface area contributed by atoms with Crippen LogP contribution in [0.4, 0.5) is 0 Å². The third kappa shape index (κ3) is 3.79. The standard InChI is InChI=1S/C17H22N2O2/c1-17(2)12-18-9-15(21-17)11-20-10-14-8-7-13-5-3-4-6-16(13)19-14/h3-8,15,18H,9-12H2,1-2H3. The fraction of sp³-hybridized carbons (Fsp3) is 0.471. The molecular weight excluding hydrogens is 264 g/mol. The molecule has 112 valence electrons. The van der Waals surface area contributed by atoms with Gasteiger partial charge in [-0.1, -0.05) is 24.3 Å². The molecule has 0 saturated carbocycles. The van der Waals surface area contributed by atoms with Gasteiger partial charge in [-0.2, -0.15) is 0 Å². The van der Waals surface area contributed by atoms with Crippen molar-refractivity contribution in [3.63, 3.8) is 0 Å². The van der Waals surface area contributed by atoms with Gasteiger partial charge in [-0.25, -0.2) is 0 Å². The lowest BCUT2D eigenvalue weighted by molar-refractivity contribution is -0.122. The molecule has 1 aromatic carbocycles. The lowest BCUT2D eigenvalue weighted by Gasteiger charge is -2.36. The summed E-state index contributed by atoms with van der Waals surface area (Å²) in [5.74, 6) is 0. The zero-order chi connectivity index (χ0) is 14.7. The maximum Gasteiger partial charge on any atom is 0.0940 e. The Morgan fingerprint density at radius 1 is 1.29 bits per heavy atom. The fourth-order valence-electron chi connectivity index (χ4n) is 2.65. The molecule has 3 rings (SSSR count). The molecule has 0 bridgehead atoms. The van der Waals surface area contributed by atoms with Crippen LogP contribution in [0.1, 0.15) is 19.5 Å². The topological polar surface area (TPSA) is 43.4 Å². The molecule has 0 aliphatic carbocycles. The first-order chi connectivity index (χ1) is 10.1. The van der Waals surface area contributed by atoms with Crippen LogP contribution < -0.4 is 5.32 Å². The van der Waals surface area contributed by atoms with Crippen molar-refractivity contribution in [1.29, 1.82) is 0 Å². The molecule has 0 spiro atoms. The van der Waals surface area contributed by atoms with Crippen LogP contribution in [-0.4, -0.2) is 36.4 Å². The summed E-state index contributed by atoms with van der Waals surface area (Å²) in [5, 5.41) is 4.53. The largest absolute Gasteiger partial charge is 0.372 e. The molecule has 2 heterocycles. The quantitative estimate of drug-likeness (QED) is 0.938. The summed E-state index contributed by atoms with van der Waals surface area (Å²) in [6.45, 7) is 7.02. The first-order valence-electron chi connectivity index (χ1n) is 7.43. The summed E-state index contributed by atoms with van der Waals surface area (Å²) < 4.78 is 11.7. The monoisotopic (exact) mass is 286 g/mol. The van der Waals surface area contributed by atoms with Crippen LogP contribution in [0.5, 0.6) is 0 Å². The molecule has 1 aliphatic rings. The summed E-state index contributed by atoms with van der Waals surface area (Å²) in [7, 11) is 0. The van der Waals surface area contributed by atoms with E-state index in [0.717, 1.165) is 29.7 Å². The van der Waals surface area contributed by atoms with Crippen molar-refractivity contribution in [2.75, 3.05) is 19.7 Å². The highest BCUT2D eigenvalue weighted by Gasteiger charge is 2.28. The normalized spacial score (nSPS) is 21.5. The number of hydrogen-bond acceptors (Lipinski definition) is 4. The number of nitrogens with one attached hydrogen (secondary N) is 1. The molecule has 0 radical (unpaired) electrons. The molecule has 1 unspecified atom stereocenters. The Hall–Kier alpha value is -1.49. The highest BCUT2D eigenvalue weighted by Crippen LogP contribution is 2.16. The molecule has 4 heteroatoms. The Labute approximate surface area is 125 Å². The summed E-state index contributed by atoms with van der Waals surface area (Å²) in [6.07, 6.45) is 0.106. The minimum absolute atomic E-state index is 0.106. The number of morpholine rings is 1. The molecule has 1 aliphatic heterocycles. The van der Waals surface area contributed by atoms with Crippen LogP contribution in [0.15, 0.2) is 36.4 Å². The van der Waals surface area contributed by atoms with Crippen molar-refractivity contribution in [2.45, 2.75) is 32.2 Å². The van der Waals surface area contributed by atoms with E-state index in [1.807, 2.05) is 24.3 Å². The predicted octanol–water partition coefficient (Wildman–Crippen LogP) is 2.52. The van der Waals surface area contributed by atoms with E-state index in [1.54, 1.807) is 0 Å². The summed E-state index contributed by atoms with van der Waals surface area (Å²) in [4.78, 5) is 4.61. The molecule has 1 N–H and O–H groups in total. The van der Waals surface area contributed by atoms with E-state index in [2.05, 4.69) is 36.3 Å². The second kappa shape index (κ2) is 6.10. The van der Waals surface area contributed by atoms with Crippen LogP contribution >= 0.6 is 0 Å². The van der Waals surface area contributed by atoms with Crippen LogP contribution in [0.25, 0.3) is 10.9 Å². The lowest BCUT2D eigenvalue weighted by atomic mass is 10.1. The molecular formula is C17H22N2O2. The van der Waals surface area contributed by atoms with Crippen LogP contribution in [0.3, 0.4) is 0 Å². The van der Waals surface area contributed by atoms with Gasteiger partial charge in [0, 0.05) is 18.5 Å². The first-order valence-corrected chi connectivity index (χ1v) is 7.43. The van der Waals surface area contributed by atoms with E-state index in [1.165, 1.54) is 0 Å². The lowest BCUT2D eigenvalue weighted by Crippen LogP contribution is -2.51. The third-order valence-corrected chi connectivity index (χ3v) is 3.62. The fourth-order valence-corrected chi connectivity index (χ4v) is 2.65. The van der Waals surface area contributed by atoms with Crippen molar-refractivity contribution in [3.8, 4) is 0 Å². The van der Waals surface area contributed by atoms with Gasteiger partial charge in [0.2, 0.25) is 0 Å². The number of ether oxygens (including phenoxy) is 2. The number of benzene rings is 1. The number of rotatable bonds is 4. The van der Waals surface area contributed by atoms with Crippen LogP contribution in [-0.2, 0) is 16.1 Å². The van der Waals surface area contributed by atoms with E-state index in [4.69, 9.17) is 9.47 Å². The van der Waals surface area contributed by atoms with E-state index in [0.29, 0.717) is 13.2 Å². The van der Waals surface area contributed by atoms with Crippen LogP contribution in [0, 0.1) is 0 Å². The SMILES string of the molecule is CC1(C)CNCC(COCc2ccc3ccccc3n2)O1. The summed E-state index contributed by atoms with van der Waals surface area (Å²) in [5.41, 5.74) is 1.85. The summed E-state index contributed by atoms with van der Waals surface area (Å²) in [6, 6.07) is 12.2. The average molecular weight is 286 g/mol. The second-order valence-electron chi connectivity index (χ2n) is 6.14. The van der Waals surface area contributed by atoms with E-state index in [-0.39, 0.29) is 11.7 Å². The predicted molar refractivity (Wildman–Crippen MR) is 83.2 cm³/mol. The van der Waals surface area contributed by atoms with Gasteiger partial charge in [0.1, 0.15) is 0 Å². The zero-order valence-electron chi connectivity index (χ0n) is 12.6. The van der Waals surface area contributed by atoms with E-state index in [9.17, 15) is 0 Å². The maximum atomic E-state index is 5.97. The minimum Gasteiger partial charge on any atom is -0.372 e. The Morgan fingerprint density at radius 3 is 3.00 bits per heavy atom. The molecule has 1 saturated heterocycles. The Kier molecular flexibility index (Phi) is 4.19. The highest BCUT2D eigenvalue weighted by atomic mass is 16.5. The third-order valence-electron chi connectivity index (χ3n) is 3.62. The van der Waals surface area contributed by atoms with Crippen molar-refractivity contribution < 1.29 is 9.47 Å². The zero-order valence-corrected chi connectivity index (χ0v) is 12.6. The Balaban J connectivity index is 1.54. The number of pyridine rings is 1. The maximum absolute atomic E-state index is 5.97. The van der Waals surface area contributed by atoms with E-state index < -0.39 is 0 Å². The molecule has 1 atom stereocenters. The van der Waals surface area contributed by atoms with Gasteiger partial charge < -0.3 is 14.8 Å². The van der Waals surface area contributed by atoms with Crippen molar-refractivity contribution in [3.05, 3.63) is 42.1 Å². The molecule has 0 amide bonds. The van der Waals surface area contributed by atoms with Gasteiger partial charge >= 0.3 is 0 Å². The van der Waals surface area contributed by atoms with Gasteiger partial charge in [-0.05, 0) is 26.0 Å². The first kappa shape index (κ1) is 14.4. The number of hydrogen-bond donors (Lipinski definition) is 1. The Bertz CT molecular complexity index is 613. The van der Waals surface area contributed by atoms with Gasteiger partial charge in [-0.15, -0.1) is 0 Å². The van der Waals surface area contributed by atoms with Gasteiger partial charge in [0.05, 0.1) is 36.1 Å². The molecule has 21 heavy (non-hydrogen) atoms. The van der Waals surface area contributed by atoms with Crippen molar-refractivity contribution in [1.82, 2.24) is 10.3 Å². The van der Waals surface area contributed by atoms with Gasteiger partial charge in [0.25, 0.3) is 0 Å². The molecule has 4 nitrogen and oxygen atoms in total. The smallest absolute Gasteiger partial charge is 0.0940 e. The molecule has 1 fully saturated rings. The summed E-state index contributed by atoms with van der Waals surface area (Å²) >= 11 is 0. The number of fused-ring (bicyclic) bond motifs is 1. The number of aromatic nitrogens is 1. The van der Waals surface area contributed by atoms with E-state index >= 15 is 0 Å². The molecule has 1 aromatic heterocycles. The number of nitrogens with zero attached hydrogens (tertiary/aromatic N) is 1. The highest BCUT2D eigenvalue weighted by molar-refractivity contribution is 5.78. The number of para-hydroxylation sites is 1. The van der Waals surface area contributed by atoms with Gasteiger partial charge in [-0.3, -0.25) is 4.98 Å². The molecule has 2 aromatic rings.